The quantitative estimate of drug-likeness (QED) is 0.625. The Morgan fingerprint density at radius 2 is 1.77 bits per heavy atom. The van der Waals surface area contributed by atoms with Crippen molar-refractivity contribution in [2.45, 2.75) is 27.7 Å². The number of rotatable bonds is 5. The Bertz CT molecular complexity index is 1070. The van der Waals surface area contributed by atoms with Gasteiger partial charge in [-0.15, -0.1) is 0 Å². The molecular weight excluding hydrogens is 394 g/mol. The molecular formula is C22H27N7O2. The van der Waals surface area contributed by atoms with Crippen molar-refractivity contribution in [3.05, 3.63) is 53.5 Å². The summed E-state index contributed by atoms with van der Waals surface area (Å²) in [5, 5.41) is 0. The van der Waals surface area contributed by atoms with E-state index in [4.69, 9.17) is 4.74 Å². The number of aryl methyl sites for hydroxylation is 2. The molecule has 3 aromatic heterocycles. The Labute approximate surface area is 181 Å². The predicted molar refractivity (Wildman–Crippen MR) is 117 cm³/mol. The van der Waals surface area contributed by atoms with E-state index >= 15 is 0 Å². The molecule has 1 aliphatic rings. The Kier molecular flexibility index (Phi) is 5.83. The number of ether oxygens (including phenoxy) is 1. The van der Waals surface area contributed by atoms with E-state index in [0.29, 0.717) is 50.1 Å². The van der Waals surface area contributed by atoms with Gasteiger partial charge in [-0.3, -0.25) is 9.36 Å². The first-order chi connectivity index (χ1) is 15.0. The van der Waals surface area contributed by atoms with Crippen LogP contribution in [0.5, 0.6) is 5.88 Å². The summed E-state index contributed by atoms with van der Waals surface area (Å²) < 4.78 is 7.33. The summed E-state index contributed by atoms with van der Waals surface area (Å²) in [4.78, 5) is 34.7. The Balaban J connectivity index is 1.45. The maximum absolute atomic E-state index is 12.8. The average molecular weight is 422 g/mol. The Morgan fingerprint density at radius 1 is 1.03 bits per heavy atom. The van der Waals surface area contributed by atoms with Crippen molar-refractivity contribution in [3.8, 4) is 11.7 Å². The van der Waals surface area contributed by atoms with Gasteiger partial charge in [-0.1, -0.05) is 0 Å². The lowest BCUT2D eigenvalue weighted by Crippen LogP contribution is -2.49. The van der Waals surface area contributed by atoms with Gasteiger partial charge in [0.25, 0.3) is 5.91 Å². The van der Waals surface area contributed by atoms with E-state index in [-0.39, 0.29) is 5.91 Å². The summed E-state index contributed by atoms with van der Waals surface area (Å²) in [6.07, 6.45) is 3.37. The second-order valence-corrected chi connectivity index (χ2v) is 7.51. The first-order valence-corrected chi connectivity index (χ1v) is 10.5. The molecule has 0 N–H and O–H groups in total. The van der Waals surface area contributed by atoms with Gasteiger partial charge < -0.3 is 14.5 Å². The van der Waals surface area contributed by atoms with Gasteiger partial charge in [0.05, 0.1) is 17.9 Å². The van der Waals surface area contributed by atoms with Crippen LogP contribution in [0, 0.1) is 20.8 Å². The molecule has 4 heterocycles. The molecule has 0 spiro atoms. The van der Waals surface area contributed by atoms with E-state index in [9.17, 15) is 4.79 Å². The largest absolute Gasteiger partial charge is 0.478 e. The van der Waals surface area contributed by atoms with Gasteiger partial charge >= 0.3 is 0 Å². The van der Waals surface area contributed by atoms with Crippen LogP contribution in [0.1, 0.15) is 34.5 Å². The van der Waals surface area contributed by atoms with E-state index in [2.05, 4.69) is 24.8 Å². The molecule has 9 nitrogen and oxygen atoms in total. The molecule has 1 saturated heterocycles. The SMILES string of the molecule is CCOc1ccc(C(=O)N2CCN(c3cc(-n4cnc(C)c4C)nc(C)n3)CC2)cn1. The van der Waals surface area contributed by atoms with E-state index in [0.717, 1.165) is 23.0 Å². The second-order valence-electron chi connectivity index (χ2n) is 7.51. The number of hydrogen-bond acceptors (Lipinski definition) is 7. The van der Waals surface area contributed by atoms with Crippen molar-refractivity contribution in [1.29, 1.82) is 0 Å². The fourth-order valence-electron chi connectivity index (χ4n) is 3.61. The molecule has 0 radical (unpaired) electrons. The second kappa shape index (κ2) is 8.71. The van der Waals surface area contributed by atoms with Gasteiger partial charge in [0.2, 0.25) is 5.88 Å². The fourth-order valence-corrected chi connectivity index (χ4v) is 3.61. The normalized spacial score (nSPS) is 14.1. The van der Waals surface area contributed by atoms with Crippen LogP contribution in [0.2, 0.25) is 0 Å². The zero-order valence-corrected chi connectivity index (χ0v) is 18.4. The first kappa shape index (κ1) is 20.8. The van der Waals surface area contributed by atoms with Crippen LogP contribution in [0.3, 0.4) is 0 Å². The van der Waals surface area contributed by atoms with E-state index in [1.54, 1.807) is 24.7 Å². The number of amides is 1. The minimum Gasteiger partial charge on any atom is -0.478 e. The molecule has 0 aliphatic carbocycles. The molecule has 0 unspecified atom stereocenters. The Morgan fingerprint density at radius 3 is 2.39 bits per heavy atom. The van der Waals surface area contributed by atoms with Gasteiger partial charge in [0.15, 0.2) is 0 Å². The summed E-state index contributed by atoms with van der Waals surface area (Å²) in [5.41, 5.74) is 2.61. The van der Waals surface area contributed by atoms with Crippen LogP contribution in [0.25, 0.3) is 5.82 Å². The van der Waals surface area contributed by atoms with E-state index < -0.39 is 0 Å². The third-order valence-electron chi connectivity index (χ3n) is 5.48. The molecule has 1 aliphatic heterocycles. The van der Waals surface area contributed by atoms with Crippen LogP contribution in [-0.4, -0.2) is 68.1 Å². The van der Waals surface area contributed by atoms with Crippen LogP contribution >= 0.6 is 0 Å². The van der Waals surface area contributed by atoms with Crippen molar-refractivity contribution >= 4 is 11.7 Å². The zero-order valence-electron chi connectivity index (χ0n) is 18.4. The molecule has 0 saturated carbocycles. The van der Waals surface area contributed by atoms with Crippen LogP contribution < -0.4 is 9.64 Å². The number of carbonyl (C=O) groups is 1. The molecule has 31 heavy (non-hydrogen) atoms. The topological polar surface area (TPSA) is 89.3 Å². The van der Waals surface area contributed by atoms with Gasteiger partial charge in [0, 0.05) is 50.2 Å². The van der Waals surface area contributed by atoms with Gasteiger partial charge in [-0.2, -0.15) is 0 Å². The molecule has 1 fully saturated rings. The monoisotopic (exact) mass is 421 g/mol. The summed E-state index contributed by atoms with van der Waals surface area (Å²) in [5.74, 6) is 2.89. The van der Waals surface area contributed by atoms with Crippen molar-refractivity contribution in [2.75, 3.05) is 37.7 Å². The summed E-state index contributed by atoms with van der Waals surface area (Å²) in [6, 6.07) is 5.48. The number of imidazole rings is 1. The summed E-state index contributed by atoms with van der Waals surface area (Å²) in [7, 11) is 0. The third-order valence-corrected chi connectivity index (χ3v) is 5.48. The van der Waals surface area contributed by atoms with Crippen LogP contribution in [0.15, 0.2) is 30.7 Å². The van der Waals surface area contributed by atoms with E-state index in [1.165, 1.54) is 0 Å². The van der Waals surface area contributed by atoms with Crippen LogP contribution in [0.4, 0.5) is 5.82 Å². The highest BCUT2D eigenvalue weighted by molar-refractivity contribution is 5.94. The number of hydrogen-bond donors (Lipinski definition) is 0. The number of aromatic nitrogens is 5. The highest BCUT2D eigenvalue weighted by Crippen LogP contribution is 2.20. The smallest absolute Gasteiger partial charge is 0.255 e. The predicted octanol–water partition coefficient (Wildman–Crippen LogP) is 2.34. The molecule has 9 heteroatoms. The lowest BCUT2D eigenvalue weighted by molar-refractivity contribution is 0.0746. The number of nitrogens with zero attached hydrogens (tertiary/aromatic N) is 7. The van der Waals surface area contributed by atoms with Crippen molar-refractivity contribution in [2.24, 2.45) is 0 Å². The molecule has 0 atom stereocenters. The average Bonchev–Trinajstić information content (AvgIpc) is 3.12. The Hall–Kier alpha value is -3.49. The van der Waals surface area contributed by atoms with Crippen molar-refractivity contribution < 1.29 is 9.53 Å². The van der Waals surface area contributed by atoms with Crippen molar-refractivity contribution in [1.82, 2.24) is 29.4 Å². The maximum atomic E-state index is 12.8. The maximum Gasteiger partial charge on any atom is 0.255 e. The molecule has 0 bridgehead atoms. The standard InChI is InChI=1S/C22H27N7O2/c1-5-31-21-7-6-18(13-23-21)22(30)28-10-8-27(9-11-28)19-12-20(26-17(4)25-19)29-14-24-15(2)16(29)3/h6-7,12-14H,5,8-11H2,1-4H3. The highest BCUT2D eigenvalue weighted by Gasteiger charge is 2.24. The number of piperazine rings is 1. The van der Waals surface area contributed by atoms with E-state index in [1.807, 2.05) is 43.2 Å². The zero-order chi connectivity index (χ0) is 22.0. The molecule has 1 amide bonds. The highest BCUT2D eigenvalue weighted by atomic mass is 16.5. The number of pyridine rings is 1. The first-order valence-electron chi connectivity index (χ1n) is 10.5. The molecule has 162 valence electrons. The minimum absolute atomic E-state index is 0.0146. The van der Waals surface area contributed by atoms with Gasteiger partial charge in [-0.05, 0) is 33.8 Å². The van der Waals surface area contributed by atoms with Gasteiger partial charge in [0.1, 0.15) is 23.8 Å². The minimum atomic E-state index is -0.0146. The molecule has 4 rings (SSSR count). The number of carbonyl (C=O) groups excluding carboxylic acids is 1. The third kappa shape index (κ3) is 4.35. The van der Waals surface area contributed by atoms with Crippen molar-refractivity contribution in [3.63, 3.8) is 0 Å². The lowest BCUT2D eigenvalue weighted by Gasteiger charge is -2.35. The summed E-state index contributed by atoms with van der Waals surface area (Å²) >= 11 is 0. The number of anilines is 1. The lowest BCUT2D eigenvalue weighted by atomic mass is 10.2. The fraction of sp³-hybridized carbons (Fsp3) is 0.409. The summed E-state index contributed by atoms with van der Waals surface area (Å²) in [6.45, 7) is 11.0. The molecule has 3 aromatic rings. The molecule has 0 aromatic carbocycles. The van der Waals surface area contributed by atoms with Gasteiger partial charge in [-0.25, -0.2) is 19.9 Å². The van der Waals surface area contributed by atoms with Crippen LogP contribution in [-0.2, 0) is 0 Å².